The largest absolute Gasteiger partial charge is 0.430 e. The highest BCUT2D eigenvalue weighted by Crippen LogP contribution is 2.59. The van der Waals surface area contributed by atoms with Crippen LogP contribution >= 0.6 is 7.60 Å². The lowest BCUT2D eigenvalue weighted by atomic mass is 9.90. The third-order valence-corrected chi connectivity index (χ3v) is 7.20. The fraction of sp³-hybridized carbons (Fsp3) is 0.429. The summed E-state index contributed by atoms with van der Waals surface area (Å²) in [4.78, 5) is 0. The first kappa shape index (κ1) is 16.7. The van der Waals surface area contributed by atoms with Crippen LogP contribution in [-0.4, -0.2) is 6.16 Å². The summed E-state index contributed by atoms with van der Waals surface area (Å²) in [5.74, 6) is 1.55. The van der Waals surface area contributed by atoms with Crippen LogP contribution in [-0.2, 0) is 23.8 Å². The molecule has 0 radical (unpaired) electrons. The molecule has 0 saturated carbocycles. The van der Waals surface area contributed by atoms with Crippen molar-refractivity contribution in [2.45, 2.75) is 53.9 Å². The van der Waals surface area contributed by atoms with Crippen LogP contribution in [0.2, 0.25) is 0 Å². The Hall–Kier alpha value is -1.73. The molecule has 0 fully saturated rings. The molecule has 1 heterocycles. The summed E-state index contributed by atoms with van der Waals surface area (Å²) in [5.41, 5.74) is 9.79. The predicted octanol–water partition coefficient (Wildman–Crippen LogP) is 5.98. The Morgan fingerprint density at radius 1 is 0.880 bits per heavy atom. The normalized spacial score (nSPS) is 16.0. The number of rotatable bonds is 3. The fourth-order valence-corrected chi connectivity index (χ4v) is 5.62. The molecule has 0 N–H and O–H groups in total. The summed E-state index contributed by atoms with van der Waals surface area (Å²) in [6.45, 7) is 10.4. The summed E-state index contributed by atoms with van der Waals surface area (Å²) < 4.78 is 25.5. The van der Waals surface area contributed by atoms with E-state index in [1.807, 2.05) is 20.8 Å². The van der Waals surface area contributed by atoms with Gasteiger partial charge in [-0.15, -0.1) is 0 Å². The molecule has 0 amide bonds. The minimum Gasteiger partial charge on any atom is -0.415 e. The maximum Gasteiger partial charge on any atom is 0.430 e. The Kier molecular flexibility index (Phi) is 3.77. The molecule has 0 saturated heterocycles. The monoisotopic (exact) mass is 356 g/mol. The van der Waals surface area contributed by atoms with Crippen LogP contribution in [0, 0.1) is 13.8 Å². The van der Waals surface area contributed by atoms with Gasteiger partial charge in [-0.05, 0) is 60.1 Å². The third kappa shape index (κ3) is 2.29. The topological polar surface area (TPSA) is 35.5 Å². The first-order chi connectivity index (χ1) is 11.9. The second-order valence-electron chi connectivity index (χ2n) is 7.06. The summed E-state index contributed by atoms with van der Waals surface area (Å²) >= 11 is 0. The average Bonchev–Trinajstić information content (AvgIpc) is 2.99. The lowest BCUT2D eigenvalue weighted by molar-refractivity contribution is 0.380. The zero-order valence-corrected chi connectivity index (χ0v) is 16.5. The van der Waals surface area contributed by atoms with E-state index in [0.717, 1.165) is 41.9 Å². The number of benzene rings is 2. The zero-order valence-electron chi connectivity index (χ0n) is 15.7. The number of hydrogen-bond donors (Lipinski definition) is 0. The Labute approximate surface area is 149 Å². The first-order valence-corrected chi connectivity index (χ1v) is 10.9. The van der Waals surface area contributed by atoms with Crippen molar-refractivity contribution >= 4 is 7.60 Å². The molecule has 2 aromatic rings. The van der Waals surface area contributed by atoms with E-state index in [1.165, 1.54) is 33.4 Å². The summed E-state index contributed by atoms with van der Waals surface area (Å²) in [6, 6.07) is 4.40. The van der Waals surface area contributed by atoms with Gasteiger partial charge in [0.25, 0.3) is 0 Å². The van der Waals surface area contributed by atoms with Gasteiger partial charge >= 0.3 is 7.60 Å². The standard InChI is InChI=1S/C21H25O3P/c1-6-14-9-12(4)20-16-11-17-19(18(14)16)15(7-2)10-13(5)21(17)24-25(22,8-3)23-20/h9-10H,6-8,11H2,1-5H3. The van der Waals surface area contributed by atoms with Crippen molar-refractivity contribution in [2.24, 2.45) is 0 Å². The molecule has 2 bridgehead atoms. The van der Waals surface area contributed by atoms with Crippen LogP contribution in [0.3, 0.4) is 0 Å². The Morgan fingerprint density at radius 2 is 1.32 bits per heavy atom. The van der Waals surface area contributed by atoms with Gasteiger partial charge in [-0.1, -0.05) is 32.9 Å². The van der Waals surface area contributed by atoms with Crippen LogP contribution in [0.4, 0.5) is 0 Å². The predicted molar refractivity (Wildman–Crippen MR) is 102 cm³/mol. The lowest BCUT2D eigenvalue weighted by Crippen LogP contribution is -2.10. The van der Waals surface area contributed by atoms with Gasteiger partial charge in [0.05, 0.1) is 6.16 Å². The van der Waals surface area contributed by atoms with Gasteiger partial charge in [0, 0.05) is 17.5 Å². The molecule has 4 rings (SSSR count). The third-order valence-electron chi connectivity index (χ3n) is 5.51. The second-order valence-corrected chi connectivity index (χ2v) is 9.28. The van der Waals surface area contributed by atoms with Crippen LogP contribution in [0.5, 0.6) is 11.5 Å². The SMILES string of the molecule is CCc1cc(C)c2c3c1-c1c(CC)cc(C)c(c1C3)OP(=O)(CC)O2. The molecular formula is C21H25O3P. The van der Waals surface area contributed by atoms with Crippen LogP contribution < -0.4 is 9.05 Å². The maximum absolute atomic E-state index is 13.3. The smallest absolute Gasteiger partial charge is 0.415 e. The van der Waals surface area contributed by atoms with Gasteiger partial charge in [-0.2, -0.15) is 0 Å². The van der Waals surface area contributed by atoms with Crippen molar-refractivity contribution < 1.29 is 13.6 Å². The van der Waals surface area contributed by atoms with Gasteiger partial charge < -0.3 is 9.05 Å². The molecule has 2 aromatic carbocycles. The lowest BCUT2D eigenvalue weighted by Gasteiger charge is -2.25. The van der Waals surface area contributed by atoms with Crippen LogP contribution in [0.1, 0.15) is 54.2 Å². The fourth-order valence-electron chi connectivity index (χ4n) is 4.26. The molecule has 25 heavy (non-hydrogen) atoms. The molecule has 0 aromatic heterocycles. The molecule has 1 aliphatic heterocycles. The van der Waals surface area contributed by atoms with Crippen molar-refractivity contribution in [2.75, 3.05) is 6.16 Å². The van der Waals surface area contributed by atoms with Crippen molar-refractivity contribution in [1.29, 1.82) is 0 Å². The summed E-state index contributed by atoms with van der Waals surface area (Å²) in [5, 5.41) is 0. The molecule has 0 atom stereocenters. The Morgan fingerprint density at radius 3 is 1.68 bits per heavy atom. The Bertz CT molecular complexity index is 872. The number of hydrogen-bond acceptors (Lipinski definition) is 3. The number of fused-ring (bicyclic) bond motifs is 1. The number of aryl methyl sites for hydroxylation is 4. The molecule has 132 valence electrons. The molecule has 1 aliphatic carbocycles. The van der Waals surface area contributed by atoms with E-state index >= 15 is 0 Å². The molecule has 2 aliphatic rings. The summed E-state index contributed by atoms with van der Waals surface area (Å²) in [7, 11) is -3.20. The van der Waals surface area contributed by atoms with E-state index in [4.69, 9.17) is 9.05 Å². The Balaban J connectivity index is 2.17. The highest BCUT2D eigenvalue weighted by molar-refractivity contribution is 7.54. The van der Waals surface area contributed by atoms with E-state index in [-0.39, 0.29) is 0 Å². The van der Waals surface area contributed by atoms with Gasteiger partial charge in [0.2, 0.25) is 0 Å². The van der Waals surface area contributed by atoms with E-state index in [9.17, 15) is 4.57 Å². The highest BCUT2D eigenvalue weighted by atomic mass is 31.2. The van der Waals surface area contributed by atoms with Crippen molar-refractivity contribution in [1.82, 2.24) is 0 Å². The molecule has 0 spiro atoms. The molecule has 0 unspecified atom stereocenters. The quantitative estimate of drug-likeness (QED) is 0.541. The van der Waals surface area contributed by atoms with Crippen LogP contribution in [0.25, 0.3) is 11.1 Å². The minimum atomic E-state index is -3.20. The highest BCUT2D eigenvalue weighted by Gasteiger charge is 2.38. The molecule has 3 nitrogen and oxygen atoms in total. The van der Waals surface area contributed by atoms with Gasteiger partial charge in [-0.3, -0.25) is 0 Å². The maximum atomic E-state index is 13.3. The van der Waals surface area contributed by atoms with Crippen LogP contribution in [0.15, 0.2) is 12.1 Å². The minimum absolute atomic E-state index is 0.362. The van der Waals surface area contributed by atoms with Crippen molar-refractivity contribution in [3.8, 4) is 22.6 Å². The van der Waals surface area contributed by atoms with Gasteiger partial charge in [0.15, 0.2) is 0 Å². The van der Waals surface area contributed by atoms with Gasteiger partial charge in [0.1, 0.15) is 11.5 Å². The van der Waals surface area contributed by atoms with Crippen molar-refractivity contribution in [3.05, 3.63) is 45.5 Å². The average molecular weight is 356 g/mol. The zero-order chi connectivity index (χ0) is 17.9. The first-order valence-electron chi connectivity index (χ1n) is 9.21. The van der Waals surface area contributed by atoms with E-state index in [0.29, 0.717) is 6.16 Å². The van der Waals surface area contributed by atoms with Crippen molar-refractivity contribution in [3.63, 3.8) is 0 Å². The second kappa shape index (κ2) is 5.64. The van der Waals surface area contributed by atoms with E-state index in [2.05, 4.69) is 26.0 Å². The van der Waals surface area contributed by atoms with E-state index in [1.54, 1.807) is 0 Å². The summed E-state index contributed by atoms with van der Waals surface area (Å²) in [6.07, 6.45) is 3.12. The molecule has 4 heteroatoms. The van der Waals surface area contributed by atoms with Gasteiger partial charge in [-0.25, -0.2) is 4.57 Å². The molecular weight excluding hydrogens is 331 g/mol. The van der Waals surface area contributed by atoms with E-state index < -0.39 is 7.60 Å².